The molecular weight excluding hydrogens is 484 g/mol. The van der Waals surface area contributed by atoms with E-state index in [4.69, 9.17) is 0 Å². The van der Waals surface area contributed by atoms with Gasteiger partial charge in [-0.2, -0.15) is 13.2 Å². The van der Waals surface area contributed by atoms with Gasteiger partial charge >= 0.3 is 6.18 Å². The predicted molar refractivity (Wildman–Crippen MR) is 116 cm³/mol. The highest BCUT2D eigenvalue weighted by Crippen LogP contribution is 2.23. The zero-order valence-electron chi connectivity index (χ0n) is 15.9. The molecule has 154 valence electrons. The second-order valence-electron chi connectivity index (χ2n) is 6.23. The minimum absolute atomic E-state index is 0. The summed E-state index contributed by atoms with van der Waals surface area (Å²) in [4.78, 5) is 16.5. The van der Waals surface area contributed by atoms with Crippen LogP contribution in [0.1, 0.15) is 18.5 Å². The number of halogens is 4. The van der Waals surface area contributed by atoms with Crippen LogP contribution in [0.15, 0.2) is 47.5 Å². The Hall–Kier alpha value is -2.04. The second kappa shape index (κ2) is 10.5. The zero-order chi connectivity index (χ0) is 20.0. The molecule has 0 saturated heterocycles. The molecule has 1 unspecified atom stereocenters. The molecule has 0 fully saturated rings. The van der Waals surface area contributed by atoms with Crippen molar-refractivity contribution in [2.24, 2.45) is 4.99 Å². The number of rotatable bonds is 5. The minimum Gasteiger partial charge on any atom is -0.350 e. The van der Waals surface area contributed by atoms with Crippen LogP contribution in [0.25, 0.3) is 10.8 Å². The van der Waals surface area contributed by atoms with Crippen molar-refractivity contribution in [1.29, 1.82) is 0 Å². The topological polar surface area (TPSA) is 56.7 Å². The Morgan fingerprint density at radius 1 is 1.18 bits per heavy atom. The largest absolute Gasteiger partial charge is 0.406 e. The third-order valence-corrected chi connectivity index (χ3v) is 4.12. The fourth-order valence-corrected chi connectivity index (χ4v) is 2.76. The Morgan fingerprint density at radius 2 is 1.82 bits per heavy atom. The van der Waals surface area contributed by atoms with E-state index in [1.807, 2.05) is 49.4 Å². The number of fused-ring (bicyclic) bond motifs is 1. The Labute approximate surface area is 179 Å². The van der Waals surface area contributed by atoms with Crippen molar-refractivity contribution >= 4 is 46.6 Å². The van der Waals surface area contributed by atoms with Gasteiger partial charge in [0, 0.05) is 14.1 Å². The first-order valence-corrected chi connectivity index (χ1v) is 8.47. The van der Waals surface area contributed by atoms with Crippen LogP contribution in [-0.4, -0.2) is 50.1 Å². The average Bonchev–Trinajstić information content (AvgIpc) is 2.62. The van der Waals surface area contributed by atoms with Crippen molar-refractivity contribution in [2.75, 3.05) is 27.2 Å². The van der Waals surface area contributed by atoms with E-state index in [1.54, 1.807) is 0 Å². The zero-order valence-corrected chi connectivity index (χ0v) is 18.2. The quantitative estimate of drug-likeness (QED) is 0.368. The Morgan fingerprint density at radius 3 is 2.46 bits per heavy atom. The van der Waals surface area contributed by atoms with E-state index in [-0.39, 0.29) is 36.6 Å². The average molecular weight is 508 g/mol. The van der Waals surface area contributed by atoms with Gasteiger partial charge in [0.1, 0.15) is 6.54 Å². The van der Waals surface area contributed by atoms with Gasteiger partial charge in [-0.15, -0.1) is 24.0 Å². The summed E-state index contributed by atoms with van der Waals surface area (Å²) in [5.41, 5.74) is 1.05. The summed E-state index contributed by atoms with van der Waals surface area (Å²) in [6.45, 7) is 0.382. The second-order valence-corrected chi connectivity index (χ2v) is 6.23. The number of guanidine groups is 1. The van der Waals surface area contributed by atoms with Gasteiger partial charge in [0.05, 0.1) is 12.6 Å². The van der Waals surface area contributed by atoms with Crippen molar-refractivity contribution in [3.63, 3.8) is 0 Å². The summed E-state index contributed by atoms with van der Waals surface area (Å²) in [5, 5.41) is 8.13. The van der Waals surface area contributed by atoms with E-state index in [2.05, 4.69) is 15.6 Å². The number of nitrogens with zero attached hydrogens (tertiary/aromatic N) is 2. The molecule has 1 atom stereocenters. The Bertz CT molecular complexity index is 821. The highest BCUT2D eigenvalue weighted by atomic mass is 127. The first kappa shape index (κ1) is 24.0. The summed E-state index contributed by atoms with van der Waals surface area (Å²) < 4.78 is 37.1. The number of amides is 1. The normalized spacial score (nSPS) is 12.9. The highest BCUT2D eigenvalue weighted by Gasteiger charge is 2.31. The molecule has 0 bridgehead atoms. The van der Waals surface area contributed by atoms with E-state index in [1.165, 1.54) is 7.05 Å². The van der Waals surface area contributed by atoms with Crippen LogP contribution >= 0.6 is 24.0 Å². The number of aliphatic imine (C=N–C) groups is 1. The predicted octanol–water partition coefficient (Wildman–Crippen LogP) is 3.70. The number of benzene rings is 2. The molecule has 2 aromatic rings. The van der Waals surface area contributed by atoms with E-state index in [0.29, 0.717) is 10.9 Å². The van der Waals surface area contributed by atoms with Gasteiger partial charge in [-0.3, -0.25) is 9.79 Å². The maximum Gasteiger partial charge on any atom is 0.406 e. The maximum atomic E-state index is 12.4. The Balaban J connectivity index is 0.00000392. The number of nitrogens with one attached hydrogen (secondary N) is 2. The molecule has 0 aliphatic rings. The van der Waals surface area contributed by atoms with Crippen LogP contribution in [0.3, 0.4) is 0 Å². The van der Waals surface area contributed by atoms with Gasteiger partial charge in [-0.1, -0.05) is 42.5 Å². The van der Waals surface area contributed by atoms with Crippen LogP contribution in [0.2, 0.25) is 0 Å². The van der Waals surface area contributed by atoms with Crippen molar-refractivity contribution in [3.8, 4) is 0 Å². The van der Waals surface area contributed by atoms with Gasteiger partial charge in [0.15, 0.2) is 5.96 Å². The highest BCUT2D eigenvalue weighted by molar-refractivity contribution is 14.0. The molecule has 0 aliphatic heterocycles. The SMILES string of the molecule is CN=C(NCC(=O)N(C)CC(F)(F)F)NC(C)c1cccc2ccccc12.I. The van der Waals surface area contributed by atoms with Crippen molar-refractivity contribution in [3.05, 3.63) is 48.0 Å². The molecule has 0 spiro atoms. The first-order chi connectivity index (χ1) is 12.7. The molecule has 2 rings (SSSR count). The van der Waals surface area contributed by atoms with Crippen LogP contribution in [-0.2, 0) is 4.79 Å². The molecular formula is C19H24F3IN4O. The molecule has 9 heteroatoms. The number of carbonyl (C=O) groups excluding carboxylic acids is 1. The maximum absolute atomic E-state index is 12.4. The van der Waals surface area contributed by atoms with Crippen molar-refractivity contribution < 1.29 is 18.0 Å². The van der Waals surface area contributed by atoms with Crippen molar-refractivity contribution in [2.45, 2.75) is 19.1 Å². The summed E-state index contributed by atoms with van der Waals surface area (Å²) in [7, 11) is 2.65. The van der Waals surface area contributed by atoms with E-state index in [0.717, 1.165) is 23.4 Å². The van der Waals surface area contributed by atoms with Gasteiger partial charge < -0.3 is 15.5 Å². The third kappa shape index (κ3) is 6.84. The lowest BCUT2D eigenvalue weighted by molar-refractivity contribution is -0.157. The van der Waals surface area contributed by atoms with Crippen LogP contribution in [0.5, 0.6) is 0 Å². The molecule has 1 amide bonds. The molecule has 2 aromatic carbocycles. The monoisotopic (exact) mass is 508 g/mol. The fourth-order valence-electron chi connectivity index (χ4n) is 2.76. The van der Waals surface area contributed by atoms with Crippen molar-refractivity contribution in [1.82, 2.24) is 15.5 Å². The standard InChI is InChI=1S/C19H23F3N4O.HI/c1-13(15-10-6-8-14-7-4-5-9-16(14)15)25-18(23-2)24-11-17(27)26(3)12-19(20,21)22;/h4-10,13H,11-12H2,1-3H3,(H2,23,24,25);1H. The number of likely N-dealkylation sites (N-methyl/N-ethyl adjacent to an activating group) is 1. The molecule has 0 heterocycles. The number of alkyl halides is 3. The molecule has 5 nitrogen and oxygen atoms in total. The molecule has 0 saturated carbocycles. The lowest BCUT2D eigenvalue weighted by Crippen LogP contribution is -2.46. The third-order valence-electron chi connectivity index (χ3n) is 4.12. The summed E-state index contributed by atoms with van der Waals surface area (Å²) in [6, 6.07) is 13.8. The molecule has 0 radical (unpaired) electrons. The number of hydrogen-bond donors (Lipinski definition) is 2. The van der Waals surface area contributed by atoms with E-state index < -0.39 is 18.6 Å². The molecule has 28 heavy (non-hydrogen) atoms. The lowest BCUT2D eigenvalue weighted by Gasteiger charge is -2.22. The summed E-state index contributed by atoms with van der Waals surface area (Å²) >= 11 is 0. The van der Waals surface area contributed by atoms with Crippen LogP contribution < -0.4 is 10.6 Å². The molecule has 0 aliphatic carbocycles. The smallest absolute Gasteiger partial charge is 0.350 e. The Kier molecular flexibility index (Phi) is 8.99. The summed E-state index contributed by atoms with van der Waals surface area (Å²) in [6.07, 6.45) is -4.42. The van der Waals surface area contributed by atoms with Gasteiger partial charge in [0.2, 0.25) is 5.91 Å². The van der Waals surface area contributed by atoms with Crippen LogP contribution in [0.4, 0.5) is 13.2 Å². The van der Waals surface area contributed by atoms with Gasteiger partial charge in [0.25, 0.3) is 0 Å². The fraction of sp³-hybridized carbons (Fsp3) is 0.368. The van der Waals surface area contributed by atoms with Gasteiger partial charge in [-0.25, -0.2) is 0 Å². The minimum atomic E-state index is -4.42. The molecule has 0 aromatic heterocycles. The number of hydrogen-bond acceptors (Lipinski definition) is 2. The lowest BCUT2D eigenvalue weighted by atomic mass is 10.00. The van der Waals surface area contributed by atoms with Crippen LogP contribution in [0, 0.1) is 0 Å². The first-order valence-electron chi connectivity index (χ1n) is 8.47. The summed E-state index contributed by atoms with van der Waals surface area (Å²) in [5.74, 6) is -0.336. The van der Waals surface area contributed by atoms with Gasteiger partial charge in [-0.05, 0) is 23.3 Å². The number of carbonyl (C=O) groups is 1. The molecule has 2 N–H and O–H groups in total. The van der Waals surface area contributed by atoms with E-state index in [9.17, 15) is 18.0 Å². The van der Waals surface area contributed by atoms with E-state index >= 15 is 0 Å².